The lowest BCUT2D eigenvalue weighted by molar-refractivity contribution is -0.114. The minimum Gasteiger partial charge on any atom is -0.326 e. The van der Waals surface area contributed by atoms with Crippen molar-refractivity contribution in [3.8, 4) is 6.07 Å². The van der Waals surface area contributed by atoms with Gasteiger partial charge < -0.3 is 15.5 Å². The Bertz CT molecular complexity index is 936. The van der Waals surface area contributed by atoms with Crippen molar-refractivity contribution in [2.75, 3.05) is 17.2 Å². The zero-order valence-electron chi connectivity index (χ0n) is 15.7. The molecule has 1 heterocycles. The Hall–Kier alpha value is -3.33. The van der Waals surface area contributed by atoms with Crippen LogP contribution in [0, 0.1) is 25.2 Å². The maximum Gasteiger partial charge on any atom is 0.322 e. The number of urea groups is 1. The molecule has 0 bridgehead atoms. The summed E-state index contributed by atoms with van der Waals surface area (Å²) in [4.78, 5) is 25.8. The summed E-state index contributed by atoms with van der Waals surface area (Å²) in [5.74, 6) is -0.121. The number of rotatable bonds is 2. The second kappa shape index (κ2) is 7.50. The van der Waals surface area contributed by atoms with Crippen molar-refractivity contribution in [3.05, 3.63) is 58.1 Å². The predicted octanol–water partition coefficient (Wildman–Crippen LogP) is 3.72. The molecule has 0 aromatic heterocycles. The van der Waals surface area contributed by atoms with Crippen molar-refractivity contribution < 1.29 is 9.59 Å². The van der Waals surface area contributed by atoms with Gasteiger partial charge >= 0.3 is 6.03 Å². The first kappa shape index (κ1) is 18.5. The van der Waals surface area contributed by atoms with Crippen LogP contribution in [0.2, 0.25) is 0 Å². The number of nitrogens with one attached hydrogen (secondary N) is 2. The number of amides is 3. The standard InChI is InChI=1S/C21H22N4O2/c1-13-8-19(9-14(2)20(13)23-15(3)26)24-21(27)25-7-6-17-10-16(11-22)4-5-18(17)12-25/h4-5,8-10H,6-7,12H2,1-3H3,(H,23,26)(H,24,27). The van der Waals surface area contributed by atoms with Gasteiger partial charge in [0.25, 0.3) is 0 Å². The molecule has 1 aliphatic rings. The summed E-state index contributed by atoms with van der Waals surface area (Å²) in [6.45, 7) is 6.41. The van der Waals surface area contributed by atoms with Crippen LogP contribution in [0.3, 0.4) is 0 Å². The summed E-state index contributed by atoms with van der Waals surface area (Å²) in [5.41, 5.74) is 6.13. The molecule has 0 saturated carbocycles. The molecule has 0 atom stereocenters. The average molecular weight is 362 g/mol. The van der Waals surface area contributed by atoms with E-state index in [1.807, 2.05) is 38.1 Å². The van der Waals surface area contributed by atoms with E-state index >= 15 is 0 Å². The maximum atomic E-state index is 12.7. The van der Waals surface area contributed by atoms with Crippen LogP contribution < -0.4 is 10.6 Å². The fourth-order valence-corrected chi connectivity index (χ4v) is 3.41. The highest BCUT2D eigenvalue weighted by Crippen LogP contribution is 2.26. The summed E-state index contributed by atoms with van der Waals surface area (Å²) < 4.78 is 0. The lowest BCUT2D eigenvalue weighted by Gasteiger charge is -2.29. The van der Waals surface area contributed by atoms with Gasteiger partial charge in [0.05, 0.1) is 11.6 Å². The molecule has 3 rings (SSSR count). The maximum absolute atomic E-state index is 12.7. The molecular formula is C21H22N4O2. The number of benzene rings is 2. The van der Waals surface area contributed by atoms with Gasteiger partial charge in [0.1, 0.15) is 0 Å². The van der Waals surface area contributed by atoms with Crippen LogP contribution in [-0.2, 0) is 17.8 Å². The molecule has 2 aromatic carbocycles. The van der Waals surface area contributed by atoms with E-state index in [0.717, 1.165) is 34.4 Å². The fraction of sp³-hybridized carbons (Fsp3) is 0.286. The van der Waals surface area contributed by atoms with Gasteiger partial charge in [0, 0.05) is 31.4 Å². The van der Waals surface area contributed by atoms with Crippen LogP contribution in [0.25, 0.3) is 0 Å². The third-order valence-corrected chi connectivity index (χ3v) is 4.72. The quantitative estimate of drug-likeness (QED) is 0.854. The van der Waals surface area contributed by atoms with Gasteiger partial charge in [-0.25, -0.2) is 4.79 Å². The first-order chi connectivity index (χ1) is 12.9. The minimum atomic E-state index is -0.156. The van der Waals surface area contributed by atoms with Crippen molar-refractivity contribution in [3.63, 3.8) is 0 Å². The summed E-state index contributed by atoms with van der Waals surface area (Å²) in [5, 5.41) is 14.8. The first-order valence-electron chi connectivity index (χ1n) is 8.84. The van der Waals surface area contributed by atoms with E-state index in [-0.39, 0.29) is 11.9 Å². The van der Waals surface area contributed by atoms with E-state index in [4.69, 9.17) is 5.26 Å². The number of hydrogen-bond donors (Lipinski definition) is 2. The van der Waals surface area contributed by atoms with E-state index < -0.39 is 0 Å². The van der Waals surface area contributed by atoms with Gasteiger partial charge in [0.15, 0.2) is 0 Å². The fourth-order valence-electron chi connectivity index (χ4n) is 3.41. The van der Waals surface area contributed by atoms with Crippen molar-refractivity contribution in [2.24, 2.45) is 0 Å². The van der Waals surface area contributed by atoms with Crippen LogP contribution in [-0.4, -0.2) is 23.4 Å². The van der Waals surface area contributed by atoms with Crippen molar-refractivity contribution in [1.82, 2.24) is 4.90 Å². The minimum absolute atomic E-state index is 0.121. The van der Waals surface area contributed by atoms with E-state index in [2.05, 4.69) is 16.7 Å². The Morgan fingerprint density at radius 1 is 1.07 bits per heavy atom. The van der Waals surface area contributed by atoms with E-state index in [0.29, 0.717) is 24.3 Å². The topological polar surface area (TPSA) is 85.2 Å². The van der Waals surface area contributed by atoms with Crippen LogP contribution in [0.15, 0.2) is 30.3 Å². The number of anilines is 2. The van der Waals surface area contributed by atoms with Crippen LogP contribution in [0.5, 0.6) is 0 Å². The molecule has 27 heavy (non-hydrogen) atoms. The largest absolute Gasteiger partial charge is 0.326 e. The predicted molar refractivity (Wildman–Crippen MR) is 105 cm³/mol. The van der Waals surface area contributed by atoms with Gasteiger partial charge in [0.2, 0.25) is 5.91 Å². The van der Waals surface area contributed by atoms with Gasteiger partial charge in [-0.05, 0) is 66.8 Å². The number of carbonyl (C=O) groups is 2. The van der Waals surface area contributed by atoms with Gasteiger partial charge in [-0.15, -0.1) is 0 Å². The van der Waals surface area contributed by atoms with Gasteiger partial charge in [-0.1, -0.05) is 6.07 Å². The highest BCUT2D eigenvalue weighted by molar-refractivity contribution is 5.93. The molecule has 0 radical (unpaired) electrons. The molecule has 0 fully saturated rings. The Labute approximate surface area is 158 Å². The number of hydrogen-bond acceptors (Lipinski definition) is 3. The molecule has 3 amide bonds. The van der Waals surface area contributed by atoms with Crippen LogP contribution in [0.1, 0.15) is 34.7 Å². The molecule has 138 valence electrons. The number of fused-ring (bicyclic) bond motifs is 1. The highest BCUT2D eigenvalue weighted by atomic mass is 16.2. The normalized spacial score (nSPS) is 12.7. The van der Waals surface area contributed by atoms with E-state index in [1.54, 1.807) is 11.0 Å². The number of nitrogens with zero attached hydrogens (tertiary/aromatic N) is 2. The molecule has 0 unspecified atom stereocenters. The zero-order chi connectivity index (χ0) is 19.6. The molecule has 2 N–H and O–H groups in total. The lowest BCUT2D eigenvalue weighted by Crippen LogP contribution is -2.38. The average Bonchev–Trinajstić information content (AvgIpc) is 2.63. The summed E-state index contributed by atoms with van der Waals surface area (Å²) in [6, 6.07) is 11.3. The Kier molecular flexibility index (Phi) is 5.13. The van der Waals surface area contributed by atoms with Crippen molar-refractivity contribution >= 4 is 23.3 Å². The molecule has 6 heteroatoms. The van der Waals surface area contributed by atoms with Gasteiger partial charge in [-0.2, -0.15) is 5.26 Å². The summed E-state index contributed by atoms with van der Waals surface area (Å²) in [7, 11) is 0. The second-order valence-electron chi connectivity index (χ2n) is 6.86. The van der Waals surface area contributed by atoms with E-state index in [1.165, 1.54) is 6.92 Å². The van der Waals surface area contributed by atoms with E-state index in [9.17, 15) is 9.59 Å². The first-order valence-corrected chi connectivity index (χ1v) is 8.84. The number of carbonyl (C=O) groups excluding carboxylic acids is 2. The van der Waals surface area contributed by atoms with Crippen LogP contribution in [0.4, 0.5) is 16.2 Å². The second-order valence-corrected chi connectivity index (χ2v) is 6.86. The van der Waals surface area contributed by atoms with Crippen LogP contribution >= 0.6 is 0 Å². The molecular weight excluding hydrogens is 340 g/mol. The third kappa shape index (κ3) is 4.09. The smallest absolute Gasteiger partial charge is 0.322 e. The lowest BCUT2D eigenvalue weighted by atomic mass is 9.98. The molecule has 6 nitrogen and oxygen atoms in total. The Morgan fingerprint density at radius 3 is 2.41 bits per heavy atom. The summed E-state index contributed by atoms with van der Waals surface area (Å²) in [6.07, 6.45) is 0.734. The highest BCUT2D eigenvalue weighted by Gasteiger charge is 2.21. The SMILES string of the molecule is CC(=O)Nc1c(C)cc(NC(=O)N2CCc3cc(C#N)ccc3C2)cc1C. The third-order valence-electron chi connectivity index (χ3n) is 4.72. The van der Waals surface area contributed by atoms with Gasteiger partial charge in [-0.3, -0.25) is 4.79 Å². The Morgan fingerprint density at radius 2 is 1.78 bits per heavy atom. The number of nitriles is 1. The number of aryl methyl sites for hydroxylation is 2. The summed E-state index contributed by atoms with van der Waals surface area (Å²) >= 11 is 0. The molecule has 0 spiro atoms. The molecule has 0 aliphatic carbocycles. The Balaban J connectivity index is 1.72. The molecule has 0 saturated heterocycles. The van der Waals surface area contributed by atoms with Crippen molar-refractivity contribution in [1.29, 1.82) is 5.26 Å². The molecule has 1 aliphatic heterocycles. The van der Waals surface area contributed by atoms with Crippen molar-refractivity contribution in [2.45, 2.75) is 33.7 Å². The monoisotopic (exact) mass is 362 g/mol. The zero-order valence-corrected chi connectivity index (χ0v) is 15.7. The molecule has 2 aromatic rings.